The SMILES string of the molecule is C=C(C)CNCc1cnn(C(C)(C)C)c1. The van der Waals surface area contributed by atoms with Gasteiger partial charge < -0.3 is 5.32 Å². The lowest BCUT2D eigenvalue weighted by Gasteiger charge is -2.18. The molecule has 3 heteroatoms. The molecule has 0 radical (unpaired) electrons. The number of nitrogens with zero attached hydrogens (tertiary/aromatic N) is 2. The normalized spacial score (nSPS) is 11.7. The van der Waals surface area contributed by atoms with E-state index in [1.165, 1.54) is 5.56 Å². The molecule has 1 aromatic heterocycles. The van der Waals surface area contributed by atoms with E-state index in [1.807, 2.05) is 17.8 Å². The van der Waals surface area contributed by atoms with E-state index in [2.05, 4.69) is 44.0 Å². The topological polar surface area (TPSA) is 29.9 Å². The van der Waals surface area contributed by atoms with Gasteiger partial charge in [0.2, 0.25) is 0 Å². The summed E-state index contributed by atoms with van der Waals surface area (Å²) in [6.07, 6.45) is 4.00. The lowest BCUT2D eigenvalue weighted by molar-refractivity contribution is 0.355. The maximum absolute atomic E-state index is 4.34. The number of hydrogen-bond acceptors (Lipinski definition) is 2. The highest BCUT2D eigenvalue weighted by atomic mass is 15.3. The van der Waals surface area contributed by atoms with E-state index in [9.17, 15) is 0 Å². The summed E-state index contributed by atoms with van der Waals surface area (Å²) in [4.78, 5) is 0. The minimum absolute atomic E-state index is 0.0621. The molecular weight excluding hydrogens is 186 g/mol. The van der Waals surface area contributed by atoms with Gasteiger partial charge in [0.15, 0.2) is 0 Å². The molecule has 0 unspecified atom stereocenters. The van der Waals surface area contributed by atoms with Gasteiger partial charge in [-0.1, -0.05) is 12.2 Å². The second-order valence-electron chi connectivity index (χ2n) is 5.02. The Labute approximate surface area is 92.2 Å². The fraction of sp³-hybridized carbons (Fsp3) is 0.583. The van der Waals surface area contributed by atoms with Crippen molar-refractivity contribution < 1.29 is 0 Å². The predicted octanol–water partition coefficient (Wildman–Crippen LogP) is 2.30. The molecule has 0 bridgehead atoms. The van der Waals surface area contributed by atoms with Crippen molar-refractivity contribution in [3.8, 4) is 0 Å². The summed E-state index contributed by atoms with van der Waals surface area (Å²) in [5.41, 5.74) is 2.43. The van der Waals surface area contributed by atoms with Crippen LogP contribution in [0.3, 0.4) is 0 Å². The van der Waals surface area contributed by atoms with E-state index in [-0.39, 0.29) is 5.54 Å². The van der Waals surface area contributed by atoms with Crippen molar-refractivity contribution in [1.29, 1.82) is 0 Å². The second-order valence-corrected chi connectivity index (χ2v) is 5.02. The second kappa shape index (κ2) is 4.62. The fourth-order valence-corrected chi connectivity index (χ4v) is 1.24. The zero-order valence-corrected chi connectivity index (χ0v) is 10.2. The largest absolute Gasteiger partial charge is 0.309 e. The Morgan fingerprint density at radius 3 is 2.67 bits per heavy atom. The highest BCUT2D eigenvalue weighted by Crippen LogP contribution is 2.12. The third-order valence-corrected chi connectivity index (χ3v) is 2.08. The van der Waals surface area contributed by atoms with Crippen molar-refractivity contribution in [2.75, 3.05) is 6.54 Å². The summed E-state index contributed by atoms with van der Waals surface area (Å²) in [5.74, 6) is 0. The fourth-order valence-electron chi connectivity index (χ4n) is 1.24. The molecule has 0 aliphatic heterocycles. The van der Waals surface area contributed by atoms with E-state index in [4.69, 9.17) is 0 Å². The van der Waals surface area contributed by atoms with Crippen LogP contribution in [0.25, 0.3) is 0 Å². The molecule has 1 N–H and O–H groups in total. The molecule has 0 aromatic carbocycles. The van der Waals surface area contributed by atoms with Crippen molar-refractivity contribution in [3.63, 3.8) is 0 Å². The van der Waals surface area contributed by atoms with E-state index in [1.54, 1.807) is 0 Å². The molecule has 0 saturated heterocycles. The van der Waals surface area contributed by atoms with Crippen molar-refractivity contribution >= 4 is 0 Å². The van der Waals surface area contributed by atoms with Crippen LogP contribution >= 0.6 is 0 Å². The molecule has 0 aliphatic carbocycles. The predicted molar refractivity (Wildman–Crippen MR) is 63.7 cm³/mol. The number of aromatic nitrogens is 2. The van der Waals surface area contributed by atoms with Gasteiger partial charge in [-0.25, -0.2) is 0 Å². The summed E-state index contributed by atoms with van der Waals surface area (Å²) in [5, 5.41) is 7.65. The van der Waals surface area contributed by atoms with Crippen LogP contribution < -0.4 is 5.32 Å². The molecule has 1 aromatic rings. The van der Waals surface area contributed by atoms with E-state index < -0.39 is 0 Å². The van der Waals surface area contributed by atoms with E-state index >= 15 is 0 Å². The van der Waals surface area contributed by atoms with Crippen LogP contribution in [0.1, 0.15) is 33.3 Å². The minimum Gasteiger partial charge on any atom is -0.309 e. The summed E-state index contributed by atoms with van der Waals surface area (Å²) in [6, 6.07) is 0. The maximum Gasteiger partial charge on any atom is 0.0543 e. The lowest BCUT2D eigenvalue weighted by atomic mass is 10.1. The van der Waals surface area contributed by atoms with Gasteiger partial charge in [0.25, 0.3) is 0 Å². The average molecular weight is 207 g/mol. The lowest BCUT2D eigenvalue weighted by Crippen LogP contribution is -2.22. The Balaban J connectivity index is 2.50. The van der Waals surface area contributed by atoms with Gasteiger partial charge in [-0.05, 0) is 27.7 Å². The molecule has 1 heterocycles. The van der Waals surface area contributed by atoms with Crippen LogP contribution in [-0.2, 0) is 12.1 Å². The van der Waals surface area contributed by atoms with E-state index in [0.717, 1.165) is 18.7 Å². The summed E-state index contributed by atoms with van der Waals surface area (Å²) in [6.45, 7) is 14.0. The van der Waals surface area contributed by atoms with E-state index in [0.29, 0.717) is 0 Å². The van der Waals surface area contributed by atoms with Crippen LogP contribution in [0.15, 0.2) is 24.5 Å². The first-order chi connectivity index (χ1) is 6.89. The molecule has 0 aliphatic rings. The Morgan fingerprint density at radius 2 is 2.20 bits per heavy atom. The van der Waals surface area contributed by atoms with Gasteiger partial charge in [-0.15, -0.1) is 0 Å². The first kappa shape index (κ1) is 12.0. The zero-order chi connectivity index (χ0) is 11.5. The molecule has 0 fully saturated rings. The molecule has 84 valence electrons. The number of hydrogen-bond donors (Lipinski definition) is 1. The highest BCUT2D eigenvalue weighted by Gasteiger charge is 2.13. The summed E-state index contributed by atoms with van der Waals surface area (Å²) in [7, 11) is 0. The third kappa shape index (κ3) is 3.88. The zero-order valence-electron chi connectivity index (χ0n) is 10.2. The quantitative estimate of drug-likeness (QED) is 0.768. The Hall–Kier alpha value is -1.09. The van der Waals surface area contributed by atoms with Crippen molar-refractivity contribution in [2.24, 2.45) is 0 Å². The van der Waals surface area contributed by atoms with Gasteiger partial charge in [0.05, 0.1) is 11.7 Å². The molecule has 1 rings (SSSR count). The van der Waals surface area contributed by atoms with Crippen molar-refractivity contribution in [2.45, 2.75) is 39.8 Å². The van der Waals surface area contributed by atoms with Gasteiger partial charge in [0, 0.05) is 24.8 Å². The van der Waals surface area contributed by atoms with Gasteiger partial charge in [-0.3, -0.25) is 4.68 Å². The van der Waals surface area contributed by atoms with Crippen molar-refractivity contribution in [1.82, 2.24) is 15.1 Å². The minimum atomic E-state index is 0.0621. The van der Waals surface area contributed by atoms with Crippen molar-refractivity contribution in [3.05, 3.63) is 30.1 Å². The Bertz CT molecular complexity index is 331. The summed E-state index contributed by atoms with van der Waals surface area (Å²) >= 11 is 0. The molecule has 0 amide bonds. The molecule has 0 atom stereocenters. The Morgan fingerprint density at radius 1 is 1.53 bits per heavy atom. The van der Waals surface area contributed by atoms with Crippen LogP contribution in [0.5, 0.6) is 0 Å². The smallest absolute Gasteiger partial charge is 0.0543 e. The monoisotopic (exact) mass is 207 g/mol. The first-order valence-corrected chi connectivity index (χ1v) is 5.29. The van der Waals surface area contributed by atoms with Gasteiger partial charge in [-0.2, -0.15) is 5.10 Å². The number of rotatable bonds is 4. The van der Waals surface area contributed by atoms with Gasteiger partial charge in [0.1, 0.15) is 0 Å². The molecular formula is C12H21N3. The summed E-state index contributed by atoms with van der Waals surface area (Å²) < 4.78 is 1.99. The van der Waals surface area contributed by atoms with Crippen LogP contribution in [0.4, 0.5) is 0 Å². The maximum atomic E-state index is 4.34. The molecule has 15 heavy (non-hydrogen) atoms. The third-order valence-electron chi connectivity index (χ3n) is 2.08. The Kier molecular flexibility index (Phi) is 3.69. The number of nitrogens with one attached hydrogen (secondary N) is 1. The molecule has 0 spiro atoms. The van der Waals surface area contributed by atoms with Gasteiger partial charge >= 0.3 is 0 Å². The first-order valence-electron chi connectivity index (χ1n) is 5.29. The molecule has 3 nitrogen and oxygen atoms in total. The average Bonchev–Trinajstić information content (AvgIpc) is 2.51. The molecule has 0 saturated carbocycles. The van der Waals surface area contributed by atoms with Crippen LogP contribution in [0.2, 0.25) is 0 Å². The van der Waals surface area contributed by atoms with Crippen LogP contribution in [-0.4, -0.2) is 16.3 Å². The standard InChI is InChI=1S/C12H21N3/c1-10(2)6-13-7-11-8-14-15(9-11)12(3,4)5/h8-9,13H,1,6-7H2,2-5H3. The highest BCUT2D eigenvalue weighted by molar-refractivity contribution is 5.05. The van der Waals surface area contributed by atoms with Crippen LogP contribution in [0, 0.1) is 0 Å².